The van der Waals surface area contributed by atoms with Gasteiger partial charge in [-0.1, -0.05) is 27.7 Å². The predicted molar refractivity (Wildman–Crippen MR) is 84.4 cm³/mol. The van der Waals surface area contributed by atoms with Crippen molar-refractivity contribution in [2.45, 2.75) is 52.6 Å². The smallest absolute Gasteiger partial charge is 0.0244 e. The van der Waals surface area contributed by atoms with Gasteiger partial charge in [-0.05, 0) is 43.2 Å². The molecular formula is C15H32N2S. The van der Waals surface area contributed by atoms with E-state index in [2.05, 4.69) is 44.2 Å². The van der Waals surface area contributed by atoms with Crippen LogP contribution in [0.25, 0.3) is 0 Å². The molecule has 1 rings (SSSR count). The molecule has 0 amide bonds. The molecule has 1 aliphatic rings. The molecule has 1 fully saturated rings. The van der Waals surface area contributed by atoms with Crippen molar-refractivity contribution in [3.8, 4) is 0 Å². The highest BCUT2D eigenvalue weighted by molar-refractivity contribution is 7.98. The quantitative estimate of drug-likeness (QED) is 0.717. The highest BCUT2D eigenvalue weighted by Crippen LogP contribution is 2.18. The Bertz CT molecular complexity index is 219. The van der Waals surface area contributed by atoms with Crippen molar-refractivity contribution >= 4 is 11.8 Å². The Morgan fingerprint density at radius 3 is 2.56 bits per heavy atom. The zero-order valence-corrected chi connectivity index (χ0v) is 13.7. The third kappa shape index (κ3) is 5.50. The Kier molecular flexibility index (Phi) is 7.66. The number of nitrogens with zero attached hydrogens (tertiary/aromatic N) is 1. The van der Waals surface area contributed by atoms with Crippen LogP contribution in [0.3, 0.4) is 0 Å². The van der Waals surface area contributed by atoms with Gasteiger partial charge in [0.25, 0.3) is 0 Å². The van der Waals surface area contributed by atoms with Crippen molar-refractivity contribution < 1.29 is 0 Å². The molecule has 3 heteroatoms. The molecule has 1 N–H and O–H groups in total. The third-order valence-electron chi connectivity index (χ3n) is 3.86. The molecule has 0 aliphatic carbocycles. The highest BCUT2D eigenvalue weighted by atomic mass is 32.2. The van der Waals surface area contributed by atoms with Crippen molar-refractivity contribution in [2.24, 2.45) is 11.8 Å². The van der Waals surface area contributed by atoms with Crippen LogP contribution in [-0.4, -0.2) is 48.6 Å². The topological polar surface area (TPSA) is 15.3 Å². The Balaban J connectivity index is 2.47. The molecule has 1 heterocycles. The number of piperazine rings is 1. The van der Waals surface area contributed by atoms with E-state index in [4.69, 9.17) is 0 Å². The fourth-order valence-electron chi connectivity index (χ4n) is 2.95. The maximum absolute atomic E-state index is 3.76. The average molecular weight is 273 g/mol. The second kappa shape index (κ2) is 8.44. The summed E-state index contributed by atoms with van der Waals surface area (Å²) >= 11 is 1.97. The molecule has 0 aromatic heterocycles. The van der Waals surface area contributed by atoms with Crippen molar-refractivity contribution in [1.82, 2.24) is 10.2 Å². The van der Waals surface area contributed by atoms with Crippen LogP contribution < -0.4 is 5.32 Å². The van der Waals surface area contributed by atoms with Gasteiger partial charge in [-0.3, -0.25) is 4.90 Å². The highest BCUT2D eigenvalue weighted by Gasteiger charge is 2.29. The Labute approximate surface area is 118 Å². The molecule has 18 heavy (non-hydrogen) atoms. The van der Waals surface area contributed by atoms with Crippen LogP contribution in [0.1, 0.15) is 40.5 Å². The zero-order valence-electron chi connectivity index (χ0n) is 12.9. The van der Waals surface area contributed by atoms with Crippen molar-refractivity contribution in [2.75, 3.05) is 31.6 Å². The fraction of sp³-hybridized carbons (Fsp3) is 1.00. The van der Waals surface area contributed by atoms with Gasteiger partial charge in [0, 0.05) is 25.2 Å². The molecule has 0 radical (unpaired) electrons. The third-order valence-corrected chi connectivity index (χ3v) is 4.56. The lowest BCUT2D eigenvalue weighted by molar-refractivity contribution is 0.0927. The minimum absolute atomic E-state index is 0.703. The number of nitrogens with one attached hydrogen (secondary N) is 1. The van der Waals surface area contributed by atoms with Crippen LogP contribution in [0.4, 0.5) is 0 Å². The zero-order chi connectivity index (χ0) is 13.5. The molecule has 2 nitrogen and oxygen atoms in total. The lowest BCUT2D eigenvalue weighted by Crippen LogP contribution is -2.58. The van der Waals surface area contributed by atoms with Crippen LogP contribution >= 0.6 is 11.8 Å². The van der Waals surface area contributed by atoms with E-state index in [9.17, 15) is 0 Å². The van der Waals surface area contributed by atoms with Crippen molar-refractivity contribution in [1.29, 1.82) is 0 Å². The SMILES string of the molecule is CSCCCN1CC(CC(C)C)NCC1C(C)C. The molecule has 1 saturated heterocycles. The molecule has 2 atom stereocenters. The van der Waals surface area contributed by atoms with E-state index in [0.29, 0.717) is 6.04 Å². The summed E-state index contributed by atoms with van der Waals surface area (Å²) in [5.74, 6) is 2.85. The minimum atomic E-state index is 0.703. The molecular weight excluding hydrogens is 240 g/mol. The second-order valence-electron chi connectivity index (χ2n) is 6.39. The first-order chi connectivity index (χ1) is 8.54. The average Bonchev–Trinajstić information content (AvgIpc) is 2.28. The van der Waals surface area contributed by atoms with Gasteiger partial charge in [-0.15, -0.1) is 0 Å². The molecule has 2 unspecified atom stereocenters. The maximum Gasteiger partial charge on any atom is 0.0244 e. The lowest BCUT2D eigenvalue weighted by Gasteiger charge is -2.43. The van der Waals surface area contributed by atoms with Gasteiger partial charge in [0.1, 0.15) is 0 Å². The van der Waals surface area contributed by atoms with Gasteiger partial charge in [0.2, 0.25) is 0 Å². The second-order valence-corrected chi connectivity index (χ2v) is 7.37. The summed E-state index contributed by atoms with van der Waals surface area (Å²) in [4.78, 5) is 2.74. The summed E-state index contributed by atoms with van der Waals surface area (Å²) in [6, 6.07) is 1.43. The van der Waals surface area contributed by atoms with Gasteiger partial charge in [-0.2, -0.15) is 11.8 Å². The molecule has 0 saturated carbocycles. The number of hydrogen-bond acceptors (Lipinski definition) is 3. The summed E-state index contributed by atoms with van der Waals surface area (Å²) in [7, 11) is 0. The van der Waals surface area contributed by atoms with E-state index in [1.54, 1.807) is 0 Å². The summed E-state index contributed by atoms with van der Waals surface area (Å²) in [6.45, 7) is 13.1. The van der Waals surface area contributed by atoms with Gasteiger partial charge < -0.3 is 5.32 Å². The Morgan fingerprint density at radius 2 is 2.00 bits per heavy atom. The van der Waals surface area contributed by atoms with Crippen molar-refractivity contribution in [3.63, 3.8) is 0 Å². The van der Waals surface area contributed by atoms with Gasteiger partial charge >= 0.3 is 0 Å². The summed E-state index contributed by atoms with van der Waals surface area (Å²) < 4.78 is 0. The van der Waals surface area contributed by atoms with E-state index >= 15 is 0 Å². The monoisotopic (exact) mass is 272 g/mol. The minimum Gasteiger partial charge on any atom is -0.311 e. The van der Waals surface area contributed by atoms with E-state index in [0.717, 1.165) is 17.9 Å². The first-order valence-corrected chi connectivity index (χ1v) is 8.90. The maximum atomic E-state index is 3.76. The van der Waals surface area contributed by atoms with Gasteiger partial charge in [0.05, 0.1) is 0 Å². The summed E-state index contributed by atoms with van der Waals surface area (Å²) in [5, 5.41) is 3.76. The lowest BCUT2D eigenvalue weighted by atomic mass is 9.95. The summed E-state index contributed by atoms with van der Waals surface area (Å²) in [5.41, 5.74) is 0. The number of hydrogen-bond donors (Lipinski definition) is 1. The molecule has 108 valence electrons. The molecule has 0 spiro atoms. The predicted octanol–water partition coefficient (Wildman–Crippen LogP) is 3.08. The van der Waals surface area contributed by atoms with Crippen LogP contribution in [0.2, 0.25) is 0 Å². The molecule has 1 aliphatic heterocycles. The van der Waals surface area contributed by atoms with Crippen LogP contribution in [0.5, 0.6) is 0 Å². The van der Waals surface area contributed by atoms with Crippen LogP contribution in [-0.2, 0) is 0 Å². The number of thioether (sulfide) groups is 1. The summed E-state index contributed by atoms with van der Waals surface area (Å²) in [6.07, 6.45) is 4.85. The van der Waals surface area contributed by atoms with Gasteiger partial charge in [-0.25, -0.2) is 0 Å². The van der Waals surface area contributed by atoms with Crippen LogP contribution in [0, 0.1) is 11.8 Å². The first-order valence-electron chi connectivity index (χ1n) is 7.51. The van der Waals surface area contributed by atoms with Crippen molar-refractivity contribution in [3.05, 3.63) is 0 Å². The largest absolute Gasteiger partial charge is 0.311 e. The normalized spacial score (nSPS) is 26.2. The van der Waals surface area contributed by atoms with E-state index < -0.39 is 0 Å². The van der Waals surface area contributed by atoms with E-state index in [-0.39, 0.29) is 0 Å². The van der Waals surface area contributed by atoms with Gasteiger partial charge in [0.15, 0.2) is 0 Å². The van der Waals surface area contributed by atoms with Crippen LogP contribution in [0.15, 0.2) is 0 Å². The fourth-order valence-corrected chi connectivity index (χ4v) is 3.37. The molecule has 0 bridgehead atoms. The molecule has 0 aromatic carbocycles. The first kappa shape index (κ1) is 16.3. The number of rotatable bonds is 7. The Morgan fingerprint density at radius 1 is 1.28 bits per heavy atom. The molecule has 0 aromatic rings. The Hall–Kier alpha value is 0.270. The van der Waals surface area contributed by atoms with E-state index in [1.165, 1.54) is 38.2 Å². The van der Waals surface area contributed by atoms with E-state index in [1.807, 2.05) is 11.8 Å². The standard InChI is InChI=1S/C15H32N2S/c1-12(2)9-14-11-17(7-6-8-18-5)15(10-16-14)13(3)4/h12-16H,6-11H2,1-5H3.